The molecule has 182 valence electrons. The van der Waals surface area contributed by atoms with Gasteiger partial charge in [0.1, 0.15) is 0 Å². The topological polar surface area (TPSA) is 98.8 Å². The Labute approximate surface area is 216 Å². The van der Waals surface area contributed by atoms with Crippen molar-refractivity contribution in [2.75, 3.05) is 10.6 Å². The van der Waals surface area contributed by atoms with E-state index < -0.39 is 10.7 Å². The number of nitrogens with one attached hydrogen (secondary N) is 2. The summed E-state index contributed by atoms with van der Waals surface area (Å²) in [6.07, 6.45) is 0. The lowest BCUT2D eigenvalue weighted by atomic mass is 10.1. The molecule has 2 aliphatic heterocycles. The number of carbonyl (C=O) groups is 4. The van der Waals surface area contributed by atoms with Crippen LogP contribution in [-0.4, -0.2) is 42.8 Å². The minimum absolute atomic E-state index is 0.151. The lowest BCUT2D eigenvalue weighted by Gasteiger charge is -2.17. The quantitative estimate of drug-likeness (QED) is 0.432. The van der Waals surface area contributed by atoms with Crippen LogP contribution in [0.3, 0.4) is 0 Å². The highest BCUT2D eigenvalue weighted by molar-refractivity contribution is 8.15. The monoisotopic (exact) mass is 518 g/mol. The average molecular weight is 519 g/mol. The molecule has 2 aliphatic rings. The first kappa shape index (κ1) is 24.0. The second kappa shape index (κ2) is 10.5. The van der Waals surface area contributed by atoms with Crippen LogP contribution in [0.15, 0.2) is 84.9 Å². The Morgan fingerprint density at radius 1 is 0.556 bits per heavy atom. The summed E-state index contributed by atoms with van der Waals surface area (Å²) in [5.74, 6) is -0.583. The Bertz CT molecular complexity index is 1190. The second-order valence-corrected chi connectivity index (χ2v) is 10.3. The van der Waals surface area contributed by atoms with Crippen LogP contribution >= 0.6 is 23.5 Å². The first-order valence-corrected chi connectivity index (χ1v) is 13.0. The summed E-state index contributed by atoms with van der Waals surface area (Å²) in [5, 5.41) is 4.23. The number of anilines is 2. The molecule has 0 aliphatic carbocycles. The van der Waals surface area contributed by atoms with Crippen LogP contribution in [0.5, 0.6) is 0 Å². The van der Waals surface area contributed by atoms with Gasteiger partial charge in [-0.15, -0.1) is 0 Å². The second-order valence-electron chi connectivity index (χ2n) is 8.21. The number of hydrogen-bond donors (Lipinski definition) is 2. The lowest BCUT2D eigenvalue weighted by molar-refractivity contribution is -0.127. The van der Waals surface area contributed by atoms with Gasteiger partial charge in [-0.2, -0.15) is 0 Å². The molecule has 0 radical (unpaired) electrons. The number of benzene rings is 3. The van der Waals surface area contributed by atoms with Gasteiger partial charge < -0.3 is 10.6 Å². The van der Waals surface area contributed by atoms with Crippen LogP contribution in [0, 0.1) is 0 Å². The van der Waals surface area contributed by atoms with E-state index in [1.165, 1.54) is 9.80 Å². The van der Waals surface area contributed by atoms with Gasteiger partial charge in [0.2, 0.25) is 0 Å². The first-order chi connectivity index (χ1) is 17.5. The summed E-state index contributed by atoms with van der Waals surface area (Å²) < 4.78 is 0. The van der Waals surface area contributed by atoms with E-state index in [0.29, 0.717) is 0 Å². The molecule has 0 saturated carbocycles. The highest BCUT2D eigenvalue weighted by Gasteiger charge is 2.40. The molecule has 5 rings (SSSR count). The number of imide groups is 2. The maximum absolute atomic E-state index is 12.8. The number of nitrogens with zero attached hydrogens (tertiary/aromatic N) is 2. The van der Waals surface area contributed by atoms with E-state index in [2.05, 4.69) is 10.6 Å². The third-order valence-electron chi connectivity index (χ3n) is 5.71. The molecular weight excluding hydrogens is 496 g/mol. The Hall–Kier alpha value is -3.76. The van der Waals surface area contributed by atoms with Crippen LogP contribution in [0.1, 0.15) is 11.1 Å². The van der Waals surface area contributed by atoms with Crippen molar-refractivity contribution in [3.8, 4) is 0 Å². The predicted molar refractivity (Wildman–Crippen MR) is 141 cm³/mol. The fraction of sp³-hybridized carbons (Fsp3) is 0.154. The summed E-state index contributed by atoms with van der Waals surface area (Å²) in [4.78, 5) is 52.9. The van der Waals surface area contributed by atoms with E-state index in [-0.39, 0.29) is 35.4 Å². The first-order valence-electron chi connectivity index (χ1n) is 11.2. The predicted octanol–water partition coefficient (Wildman–Crippen LogP) is 4.95. The van der Waals surface area contributed by atoms with Crippen LogP contribution in [0.4, 0.5) is 21.0 Å². The van der Waals surface area contributed by atoms with Gasteiger partial charge in [-0.1, -0.05) is 60.7 Å². The van der Waals surface area contributed by atoms with Crippen molar-refractivity contribution < 1.29 is 19.2 Å². The number of carbonyl (C=O) groups excluding carboxylic acids is 4. The molecule has 2 heterocycles. The lowest BCUT2D eigenvalue weighted by Crippen LogP contribution is -2.34. The summed E-state index contributed by atoms with van der Waals surface area (Å²) >= 11 is 1.92. The Morgan fingerprint density at radius 3 is 1.28 bits per heavy atom. The normalized spacial score (nSPS) is 19.8. The largest absolute Gasteiger partial charge is 0.365 e. The third-order valence-corrected chi connectivity index (χ3v) is 7.66. The van der Waals surface area contributed by atoms with Crippen molar-refractivity contribution in [3.63, 3.8) is 0 Å². The SMILES string of the molecule is O=C1S[C@H](Nc2ccccc2)C(=O)N1Cc1ccc(CN2C(=O)S[C@H](Nc3ccccc3)C2=O)cc1. The molecule has 8 nitrogen and oxygen atoms in total. The van der Waals surface area contributed by atoms with E-state index >= 15 is 0 Å². The van der Waals surface area contributed by atoms with Gasteiger partial charge in [0.05, 0.1) is 13.1 Å². The standard InChI is InChI=1S/C26H22N4O4S2/c31-23-21(27-19-7-3-1-4-8-19)35-25(33)29(23)15-17-11-13-18(14-12-17)16-30-24(32)22(36-26(30)34)28-20-9-5-2-6-10-20/h1-14,21-22,27-28H,15-16H2/t21-,22-/m0/s1. The van der Waals surface area contributed by atoms with Gasteiger partial charge in [0.25, 0.3) is 22.3 Å². The highest BCUT2D eigenvalue weighted by atomic mass is 32.2. The molecule has 2 fully saturated rings. The van der Waals surface area contributed by atoms with E-state index in [9.17, 15) is 19.2 Å². The van der Waals surface area contributed by atoms with Gasteiger partial charge in [-0.3, -0.25) is 29.0 Å². The van der Waals surface area contributed by atoms with Crippen molar-refractivity contribution in [3.05, 3.63) is 96.1 Å². The van der Waals surface area contributed by atoms with Gasteiger partial charge in [0.15, 0.2) is 10.7 Å². The van der Waals surface area contributed by atoms with Crippen molar-refractivity contribution in [1.29, 1.82) is 0 Å². The number of amides is 4. The van der Waals surface area contributed by atoms with Crippen LogP contribution < -0.4 is 10.6 Å². The molecule has 0 aromatic heterocycles. The molecule has 4 amide bonds. The zero-order valence-electron chi connectivity index (χ0n) is 19.0. The zero-order chi connectivity index (χ0) is 25.1. The summed E-state index contributed by atoms with van der Waals surface area (Å²) in [6.45, 7) is 0.302. The molecule has 0 bridgehead atoms. The number of rotatable bonds is 8. The minimum Gasteiger partial charge on any atom is -0.365 e. The Kier molecular flexibility index (Phi) is 6.97. The van der Waals surface area contributed by atoms with Crippen molar-refractivity contribution in [1.82, 2.24) is 9.80 Å². The smallest absolute Gasteiger partial charge is 0.291 e. The van der Waals surface area contributed by atoms with E-state index in [1.54, 1.807) is 24.3 Å². The fourth-order valence-electron chi connectivity index (χ4n) is 3.85. The van der Waals surface area contributed by atoms with Crippen LogP contribution in [0.25, 0.3) is 0 Å². The van der Waals surface area contributed by atoms with Gasteiger partial charge in [-0.05, 0) is 58.9 Å². The Morgan fingerprint density at radius 2 is 0.917 bits per heavy atom. The number of para-hydroxylation sites is 2. The van der Waals surface area contributed by atoms with Gasteiger partial charge in [0, 0.05) is 11.4 Å². The minimum atomic E-state index is -0.665. The highest BCUT2D eigenvalue weighted by Crippen LogP contribution is 2.31. The zero-order valence-corrected chi connectivity index (χ0v) is 20.6. The Balaban J connectivity index is 1.18. The maximum Gasteiger partial charge on any atom is 0.291 e. The molecule has 3 aromatic carbocycles. The average Bonchev–Trinajstić information content (AvgIpc) is 3.30. The fourth-order valence-corrected chi connectivity index (χ4v) is 5.66. The molecule has 3 aromatic rings. The maximum atomic E-state index is 12.8. The molecule has 36 heavy (non-hydrogen) atoms. The molecule has 0 unspecified atom stereocenters. The molecule has 0 spiro atoms. The van der Waals surface area contributed by atoms with E-state index in [1.807, 2.05) is 60.7 Å². The number of thioether (sulfide) groups is 2. The molecule has 10 heteroatoms. The molecular formula is C26H22N4O4S2. The summed E-state index contributed by atoms with van der Waals surface area (Å²) in [6, 6.07) is 25.8. The van der Waals surface area contributed by atoms with Crippen LogP contribution in [-0.2, 0) is 22.7 Å². The van der Waals surface area contributed by atoms with Gasteiger partial charge in [-0.25, -0.2) is 0 Å². The summed E-state index contributed by atoms with van der Waals surface area (Å²) in [5.41, 5.74) is 3.09. The van der Waals surface area contributed by atoms with E-state index in [0.717, 1.165) is 46.0 Å². The molecule has 2 atom stereocenters. The number of hydrogen-bond acceptors (Lipinski definition) is 8. The van der Waals surface area contributed by atoms with E-state index in [4.69, 9.17) is 0 Å². The summed E-state index contributed by atoms with van der Waals surface area (Å²) in [7, 11) is 0. The van der Waals surface area contributed by atoms with Crippen LogP contribution in [0.2, 0.25) is 0 Å². The third kappa shape index (κ3) is 5.24. The van der Waals surface area contributed by atoms with Crippen molar-refractivity contribution in [2.24, 2.45) is 0 Å². The van der Waals surface area contributed by atoms with Crippen molar-refractivity contribution in [2.45, 2.75) is 23.8 Å². The molecule has 2 saturated heterocycles. The molecule has 2 N–H and O–H groups in total. The van der Waals surface area contributed by atoms with Crippen molar-refractivity contribution >= 4 is 57.2 Å². The van der Waals surface area contributed by atoms with Gasteiger partial charge >= 0.3 is 0 Å².